The Hall–Kier alpha value is -2.63. The minimum Gasteiger partial charge on any atom is -0.205 e. The Bertz CT molecular complexity index is 885. The van der Waals surface area contributed by atoms with E-state index in [1.54, 1.807) is 18.2 Å². The third kappa shape index (κ3) is 3.82. The minimum absolute atomic E-state index is 0.0838. The van der Waals surface area contributed by atoms with Gasteiger partial charge in [0.05, 0.1) is 16.7 Å². The second-order valence-electron chi connectivity index (χ2n) is 5.40. The molecule has 3 heteroatoms. The van der Waals surface area contributed by atoms with Gasteiger partial charge in [-0.05, 0) is 59.9 Å². The van der Waals surface area contributed by atoms with Crippen LogP contribution in [0.2, 0.25) is 5.02 Å². The first-order chi connectivity index (χ1) is 11.5. The Morgan fingerprint density at radius 1 is 1.21 bits per heavy atom. The molecule has 0 aliphatic carbocycles. The van der Waals surface area contributed by atoms with Crippen LogP contribution in [0.1, 0.15) is 29.2 Å². The molecular weight excluding hydrogens is 321 g/mol. The molecule has 0 spiro atoms. The number of benzene rings is 2. The van der Waals surface area contributed by atoms with Gasteiger partial charge in [-0.2, -0.15) is 5.26 Å². The fraction of sp³-hybridized carbons (Fsp3) is 0.0952. The lowest BCUT2D eigenvalue weighted by molar-refractivity contribution is 0.628. The van der Waals surface area contributed by atoms with E-state index in [1.807, 2.05) is 44.2 Å². The Balaban J connectivity index is 2.67. The predicted molar refractivity (Wildman–Crippen MR) is 99.1 cm³/mol. The highest BCUT2D eigenvalue weighted by atomic mass is 35.5. The second-order valence-corrected chi connectivity index (χ2v) is 5.81. The molecule has 2 aromatic rings. The lowest BCUT2D eigenvalue weighted by Gasteiger charge is -2.12. The van der Waals surface area contributed by atoms with Crippen LogP contribution in [0.15, 0.2) is 61.2 Å². The summed E-state index contributed by atoms with van der Waals surface area (Å²) in [7, 11) is 0. The average molecular weight is 338 g/mol. The van der Waals surface area contributed by atoms with Crippen molar-refractivity contribution in [3.63, 3.8) is 0 Å². The van der Waals surface area contributed by atoms with Crippen molar-refractivity contribution in [3.8, 4) is 6.07 Å². The summed E-state index contributed by atoms with van der Waals surface area (Å²) in [4.78, 5) is 0. The van der Waals surface area contributed by atoms with E-state index in [2.05, 4.69) is 12.6 Å². The first-order valence-corrected chi connectivity index (χ1v) is 7.82. The molecule has 0 amide bonds. The largest absolute Gasteiger partial charge is 0.205 e. The maximum atomic E-state index is 13.4. The first kappa shape index (κ1) is 17.7. The fourth-order valence-corrected chi connectivity index (χ4v) is 2.58. The number of hydrogen-bond donors (Lipinski definition) is 0. The summed E-state index contributed by atoms with van der Waals surface area (Å²) in [5.74, 6) is -0.446. The van der Waals surface area contributed by atoms with Gasteiger partial charge in [0.25, 0.3) is 0 Å². The summed E-state index contributed by atoms with van der Waals surface area (Å²) in [6, 6.07) is 12.6. The number of aryl methyl sites for hydroxylation is 1. The normalized spacial score (nSPS) is 12.0. The Morgan fingerprint density at radius 2 is 1.92 bits per heavy atom. The molecular formula is C21H17ClFN. The van der Waals surface area contributed by atoms with Crippen molar-refractivity contribution in [3.05, 3.63) is 94.3 Å². The number of nitriles is 1. The van der Waals surface area contributed by atoms with Crippen LogP contribution < -0.4 is 0 Å². The zero-order chi connectivity index (χ0) is 17.7. The molecule has 2 aromatic carbocycles. The van der Waals surface area contributed by atoms with Crippen molar-refractivity contribution in [1.29, 1.82) is 5.26 Å². The monoisotopic (exact) mass is 337 g/mol. The van der Waals surface area contributed by atoms with E-state index in [9.17, 15) is 9.65 Å². The molecule has 0 heterocycles. The van der Waals surface area contributed by atoms with E-state index < -0.39 is 5.82 Å². The van der Waals surface area contributed by atoms with Crippen molar-refractivity contribution in [1.82, 2.24) is 0 Å². The van der Waals surface area contributed by atoms with Crippen molar-refractivity contribution in [2.75, 3.05) is 0 Å². The van der Waals surface area contributed by atoms with Crippen molar-refractivity contribution in [2.24, 2.45) is 0 Å². The molecule has 0 radical (unpaired) electrons. The molecule has 0 N–H and O–H groups in total. The third-order valence-electron chi connectivity index (χ3n) is 3.82. The van der Waals surface area contributed by atoms with Crippen LogP contribution in [-0.4, -0.2) is 0 Å². The van der Waals surface area contributed by atoms with Gasteiger partial charge in [0.1, 0.15) is 5.82 Å². The maximum Gasteiger partial charge on any atom is 0.141 e. The molecule has 0 saturated carbocycles. The van der Waals surface area contributed by atoms with Gasteiger partial charge >= 0.3 is 0 Å². The standard InChI is InChI=1S/C21H17ClFN/c1-4-5-6-19(17-8-7-14(2)18(11-17)13-24)15(3)16-9-10-21(23)20(22)12-16/h4-12H,1H2,2-3H3/b6-5-,19-15-. The van der Waals surface area contributed by atoms with Crippen LogP contribution in [0.25, 0.3) is 11.1 Å². The van der Waals surface area contributed by atoms with Gasteiger partial charge in [-0.1, -0.05) is 54.6 Å². The van der Waals surface area contributed by atoms with Gasteiger partial charge in [0.15, 0.2) is 0 Å². The van der Waals surface area contributed by atoms with E-state index in [4.69, 9.17) is 11.6 Å². The van der Waals surface area contributed by atoms with Gasteiger partial charge in [0.2, 0.25) is 0 Å². The van der Waals surface area contributed by atoms with E-state index in [1.165, 1.54) is 6.07 Å². The number of nitrogens with zero attached hydrogens (tertiary/aromatic N) is 1. The van der Waals surface area contributed by atoms with Crippen LogP contribution in [0.4, 0.5) is 4.39 Å². The lowest BCUT2D eigenvalue weighted by Crippen LogP contribution is -1.91. The number of hydrogen-bond acceptors (Lipinski definition) is 1. The average Bonchev–Trinajstić information content (AvgIpc) is 2.58. The zero-order valence-corrected chi connectivity index (χ0v) is 14.4. The lowest BCUT2D eigenvalue weighted by atomic mass is 9.93. The molecule has 2 rings (SSSR count). The molecule has 0 aromatic heterocycles. The quantitative estimate of drug-likeness (QED) is 0.472. The molecule has 0 aliphatic heterocycles. The second kappa shape index (κ2) is 7.77. The van der Waals surface area contributed by atoms with Gasteiger partial charge in [-0.25, -0.2) is 4.39 Å². The Kier molecular flexibility index (Phi) is 5.73. The minimum atomic E-state index is -0.446. The summed E-state index contributed by atoms with van der Waals surface area (Å²) in [6.45, 7) is 7.54. The van der Waals surface area contributed by atoms with Crippen LogP contribution in [0, 0.1) is 24.1 Å². The summed E-state index contributed by atoms with van der Waals surface area (Å²) >= 11 is 5.91. The van der Waals surface area contributed by atoms with E-state index in [0.717, 1.165) is 27.8 Å². The van der Waals surface area contributed by atoms with E-state index in [-0.39, 0.29) is 5.02 Å². The molecule has 0 fully saturated rings. The first-order valence-electron chi connectivity index (χ1n) is 7.44. The molecule has 0 unspecified atom stereocenters. The fourth-order valence-electron chi connectivity index (χ4n) is 2.40. The van der Waals surface area contributed by atoms with Crippen LogP contribution in [0.5, 0.6) is 0 Å². The Labute approximate surface area is 147 Å². The van der Waals surface area contributed by atoms with E-state index >= 15 is 0 Å². The molecule has 0 atom stereocenters. The Morgan fingerprint density at radius 3 is 2.54 bits per heavy atom. The highest BCUT2D eigenvalue weighted by molar-refractivity contribution is 6.31. The number of allylic oxidation sites excluding steroid dienone is 5. The predicted octanol–water partition coefficient (Wildman–Crippen LogP) is 6.33. The third-order valence-corrected chi connectivity index (χ3v) is 4.11. The summed E-state index contributed by atoms with van der Waals surface area (Å²) in [5.41, 5.74) is 5.15. The van der Waals surface area contributed by atoms with Crippen molar-refractivity contribution >= 4 is 22.7 Å². The number of halogens is 2. The SMILES string of the molecule is C=C/C=C\C(=C(/C)c1ccc(F)c(Cl)c1)c1ccc(C)c(C#N)c1. The zero-order valence-electron chi connectivity index (χ0n) is 13.6. The maximum absolute atomic E-state index is 13.4. The molecule has 1 nitrogen and oxygen atoms in total. The van der Waals surface area contributed by atoms with Gasteiger partial charge in [-0.15, -0.1) is 0 Å². The smallest absolute Gasteiger partial charge is 0.141 e. The van der Waals surface area contributed by atoms with Gasteiger partial charge < -0.3 is 0 Å². The molecule has 0 aliphatic rings. The molecule has 0 saturated heterocycles. The van der Waals surface area contributed by atoms with Crippen LogP contribution in [-0.2, 0) is 0 Å². The molecule has 24 heavy (non-hydrogen) atoms. The highest BCUT2D eigenvalue weighted by Gasteiger charge is 2.09. The van der Waals surface area contributed by atoms with Crippen molar-refractivity contribution in [2.45, 2.75) is 13.8 Å². The molecule has 120 valence electrons. The summed E-state index contributed by atoms with van der Waals surface area (Å²) < 4.78 is 13.4. The molecule has 0 bridgehead atoms. The van der Waals surface area contributed by atoms with E-state index in [0.29, 0.717) is 5.56 Å². The topological polar surface area (TPSA) is 23.8 Å². The number of rotatable bonds is 4. The van der Waals surface area contributed by atoms with Gasteiger partial charge in [-0.3, -0.25) is 0 Å². The summed E-state index contributed by atoms with van der Waals surface area (Å²) in [6.07, 6.45) is 5.44. The van der Waals surface area contributed by atoms with Crippen LogP contribution >= 0.6 is 11.6 Å². The summed E-state index contributed by atoms with van der Waals surface area (Å²) in [5, 5.41) is 9.35. The highest BCUT2D eigenvalue weighted by Crippen LogP contribution is 2.30. The van der Waals surface area contributed by atoms with Crippen LogP contribution in [0.3, 0.4) is 0 Å². The van der Waals surface area contributed by atoms with Crippen molar-refractivity contribution < 1.29 is 4.39 Å². The van der Waals surface area contributed by atoms with Gasteiger partial charge in [0, 0.05) is 0 Å².